The van der Waals surface area contributed by atoms with Crippen LogP contribution in [-0.4, -0.2) is 21.9 Å². The zero-order chi connectivity index (χ0) is 25.5. The van der Waals surface area contributed by atoms with Crippen molar-refractivity contribution in [3.8, 4) is 0 Å². The summed E-state index contributed by atoms with van der Waals surface area (Å²) in [4.78, 5) is 24.1. The number of carbonyl (C=O) groups is 1. The highest BCUT2D eigenvalue weighted by atomic mass is 19.1. The molecule has 6 nitrogen and oxygen atoms in total. The number of nitro benzene ring substituents is 1. The number of carbonyl (C=O) groups excluding carboxylic acids is 1. The molecule has 0 spiro atoms. The first-order valence-electron chi connectivity index (χ1n) is 12.3. The summed E-state index contributed by atoms with van der Waals surface area (Å²) in [5, 5.41) is 15.3. The van der Waals surface area contributed by atoms with E-state index in [1.165, 1.54) is 18.2 Å². The van der Waals surface area contributed by atoms with Crippen LogP contribution >= 0.6 is 0 Å². The van der Waals surface area contributed by atoms with Crippen LogP contribution in [0.15, 0.2) is 79.0 Å². The summed E-state index contributed by atoms with van der Waals surface area (Å²) in [6.07, 6.45) is 5.14. The van der Waals surface area contributed by atoms with E-state index in [-0.39, 0.29) is 23.8 Å². The van der Waals surface area contributed by atoms with Gasteiger partial charge in [0.15, 0.2) is 0 Å². The van der Waals surface area contributed by atoms with Gasteiger partial charge in [0.25, 0.3) is 5.69 Å². The molecule has 0 aliphatic heterocycles. The Morgan fingerprint density at radius 2 is 1.81 bits per heavy atom. The van der Waals surface area contributed by atoms with E-state index < -0.39 is 10.8 Å². The van der Waals surface area contributed by atoms with E-state index >= 15 is 0 Å². The van der Waals surface area contributed by atoms with Gasteiger partial charge in [-0.15, -0.1) is 0 Å². The predicted octanol–water partition coefficient (Wildman–Crippen LogP) is 6.57. The molecule has 0 saturated heterocycles. The molecule has 0 bridgehead atoms. The Morgan fingerprint density at radius 1 is 1.06 bits per heavy atom. The summed E-state index contributed by atoms with van der Waals surface area (Å²) in [7, 11) is 0. The average molecular weight is 488 g/mol. The van der Waals surface area contributed by atoms with Crippen molar-refractivity contribution in [3.05, 3.63) is 112 Å². The van der Waals surface area contributed by atoms with Gasteiger partial charge in [-0.1, -0.05) is 62.2 Å². The number of fused-ring (bicyclic) bond motifs is 1. The lowest BCUT2D eigenvalue weighted by Crippen LogP contribution is -2.26. The number of hydrogen-bond donors (Lipinski definition) is 1. The van der Waals surface area contributed by atoms with Crippen LogP contribution in [0, 0.1) is 15.9 Å². The molecule has 1 aromatic heterocycles. The maximum Gasteiger partial charge on any atom is 0.270 e. The zero-order valence-electron chi connectivity index (χ0n) is 20.3. The van der Waals surface area contributed by atoms with Gasteiger partial charge in [-0.05, 0) is 41.3 Å². The van der Waals surface area contributed by atoms with Gasteiger partial charge in [-0.25, -0.2) is 4.39 Å². The van der Waals surface area contributed by atoms with Crippen LogP contribution in [0.1, 0.15) is 55.2 Å². The smallest absolute Gasteiger partial charge is 0.270 e. The van der Waals surface area contributed by atoms with Crippen molar-refractivity contribution in [1.29, 1.82) is 0 Å². The number of nitrogens with one attached hydrogen (secondary N) is 1. The van der Waals surface area contributed by atoms with Crippen molar-refractivity contribution in [2.75, 3.05) is 6.54 Å². The molecule has 3 aromatic carbocycles. The Balaban J connectivity index is 1.78. The number of nitro groups is 1. The maximum atomic E-state index is 13.7. The maximum absolute atomic E-state index is 13.7. The topological polar surface area (TPSA) is 77.2 Å². The third kappa shape index (κ3) is 5.97. The molecule has 1 atom stereocenters. The van der Waals surface area contributed by atoms with E-state index in [1.807, 2.05) is 36.5 Å². The predicted molar refractivity (Wildman–Crippen MR) is 140 cm³/mol. The summed E-state index contributed by atoms with van der Waals surface area (Å²) < 4.78 is 15.8. The van der Waals surface area contributed by atoms with Gasteiger partial charge < -0.3 is 9.88 Å². The van der Waals surface area contributed by atoms with Crippen LogP contribution in [0.2, 0.25) is 0 Å². The molecule has 36 heavy (non-hydrogen) atoms. The second-order valence-electron chi connectivity index (χ2n) is 9.02. The Labute approximate surface area is 209 Å². The van der Waals surface area contributed by atoms with E-state index in [9.17, 15) is 19.3 Å². The van der Waals surface area contributed by atoms with Gasteiger partial charge in [-0.2, -0.15) is 0 Å². The number of aromatic nitrogens is 1. The van der Waals surface area contributed by atoms with Crippen molar-refractivity contribution < 1.29 is 14.1 Å². The first-order chi connectivity index (χ1) is 17.5. The fourth-order valence-corrected chi connectivity index (χ4v) is 4.58. The van der Waals surface area contributed by atoms with Gasteiger partial charge in [0.1, 0.15) is 5.82 Å². The fraction of sp³-hybridized carbons (Fsp3) is 0.276. The van der Waals surface area contributed by atoms with Crippen LogP contribution in [0.3, 0.4) is 0 Å². The quantitative estimate of drug-likeness (QED) is 0.148. The van der Waals surface area contributed by atoms with Crippen LogP contribution in [0.5, 0.6) is 0 Å². The second-order valence-corrected chi connectivity index (χ2v) is 9.02. The monoisotopic (exact) mass is 487 g/mol. The Bertz CT molecular complexity index is 1330. The number of amides is 1. The minimum absolute atomic E-state index is 0.0110. The number of benzene rings is 3. The summed E-state index contributed by atoms with van der Waals surface area (Å²) in [5.41, 5.74) is 3.51. The molecule has 0 saturated carbocycles. The molecule has 0 aliphatic carbocycles. The number of hydrogen-bond acceptors (Lipinski definition) is 3. The first-order valence-corrected chi connectivity index (χ1v) is 12.3. The zero-order valence-corrected chi connectivity index (χ0v) is 20.3. The molecule has 0 radical (unpaired) electrons. The van der Waals surface area contributed by atoms with Crippen LogP contribution in [-0.2, 0) is 11.3 Å². The van der Waals surface area contributed by atoms with Crippen LogP contribution < -0.4 is 5.32 Å². The van der Waals surface area contributed by atoms with Gasteiger partial charge in [0.05, 0.1) is 4.92 Å². The van der Waals surface area contributed by atoms with Crippen LogP contribution in [0.4, 0.5) is 10.1 Å². The summed E-state index contributed by atoms with van der Waals surface area (Å²) in [6, 6.07) is 20.9. The highest BCUT2D eigenvalue weighted by Gasteiger charge is 2.24. The molecule has 4 rings (SSSR count). The first kappa shape index (κ1) is 25.1. The fourth-order valence-electron chi connectivity index (χ4n) is 4.58. The van der Waals surface area contributed by atoms with Crippen molar-refractivity contribution in [1.82, 2.24) is 9.88 Å². The van der Waals surface area contributed by atoms with E-state index in [0.717, 1.165) is 41.5 Å². The molecule has 4 aromatic rings. The number of halogens is 1. The van der Waals surface area contributed by atoms with E-state index in [2.05, 4.69) is 16.8 Å². The number of unbranched alkanes of at least 4 members (excludes halogenated alkanes) is 2. The summed E-state index contributed by atoms with van der Waals surface area (Å²) in [6.45, 7) is 3.29. The average Bonchev–Trinajstić information content (AvgIpc) is 3.23. The van der Waals surface area contributed by atoms with Crippen molar-refractivity contribution in [2.24, 2.45) is 0 Å². The number of rotatable bonds is 11. The van der Waals surface area contributed by atoms with Gasteiger partial charge in [-0.3, -0.25) is 14.9 Å². The van der Waals surface area contributed by atoms with E-state index in [1.54, 1.807) is 24.3 Å². The molecule has 1 heterocycles. The standard InChI is InChI=1S/C29H30FN3O3/c1-2-3-7-16-31-29(34)18-25(22-10-12-23(30)13-11-22)27-20-32(19-21-8-5-4-6-9-21)28-15-14-24(33(35)36)17-26(27)28/h4-6,8-15,17,20,25H,2-3,7,16,18-19H2,1H3,(H,31,34)/t25-/m0/s1. The lowest BCUT2D eigenvalue weighted by atomic mass is 9.88. The molecule has 1 N–H and O–H groups in total. The highest BCUT2D eigenvalue weighted by molar-refractivity contribution is 5.88. The molecular weight excluding hydrogens is 457 g/mol. The number of nitrogens with zero attached hydrogens (tertiary/aromatic N) is 2. The lowest BCUT2D eigenvalue weighted by molar-refractivity contribution is -0.384. The van der Waals surface area contributed by atoms with E-state index in [4.69, 9.17) is 0 Å². The molecule has 7 heteroatoms. The Kier molecular flexibility index (Phi) is 8.10. The van der Waals surface area contributed by atoms with Gasteiger partial charge in [0.2, 0.25) is 5.91 Å². The normalized spacial score (nSPS) is 11.9. The summed E-state index contributed by atoms with van der Waals surface area (Å²) in [5.74, 6) is -0.850. The summed E-state index contributed by atoms with van der Waals surface area (Å²) >= 11 is 0. The SMILES string of the molecule is CCCCCNC(=O)C[C@@H](c1ccc(F)cc1)c1cn(Cc2ccccc2)c2ccc([N+](=O)[O-])cc12. The third-order valence-electron chi connectivity index (χ3n) is 6.44. The lowest BCUT2D eigenvalue weighted by Gasteiger charge is -2.17. The molecule has 0 unspecified atom stereocenters. The largest absolute Gasteiger partial charge is 0.356 e. The molecule has 0 fully saturated rings. The van der Waals surface area contributed by atoms with Crippen molar-refractivity contribution >= 4 is 22.5 Å². The molecule has 1 amide bonds. The Hall–Kier alpha value is -4.00. The number of non-ortho nitro benzene ring substituents is 1. The molecule has 186 valence electrons. The van der Waals surface area contributed by atoms with Gasteiger partial charge in [0, 0.05) is 54.7 Å². The minimum atomic E-state index is -0.412. The third-order valence-corrected chi connectivity index (χ3v) is 6.44. The van der Waals surface area contributed by atoms with Gasteiger partial charge >= 0.3 is 0 Å². The molecular formula is C29H30FN3O3. The van der Waals surface area contributed by atoms with Crippen LogP contribution in [0.25, 0.3) is 10.9 Å². The van der Waals surface area contributed by atoms with E-state index in [0.29, 0.717) is 18.5 Å². The van der Waals surface area contributed by atoms with Crippen molar-refractivity contribution in [2.45, 2.75) is 45.1 Å². The van der Waals surface area contributed by atoms with Crippen molar-refractivity contribution in [3.63, 3.8) is 0 Å². The molecule has 0 aliphatic rings. The minimum Gasteiger partial charge on any atom is -0.356 e. The second kappa shape index (κ2) is 11.6. The Morgan fingerprint density at radius 3 is 2.50 bits per heavy atom. The highest BCUT2D eigenvalue weighted by Crippen LogP contribution is 2.37.